The molecule has 23 heteroatoms. The smallest absolute Gasteiger partial charge is 0.352 e. The van der Waals surface area contributed by atoms with Crippen LogP contribution in [0.3, 0.4) is 0 Å². The quantitative estimate of drug-likeness (QED) is 0.0430. The number of aromatic nitrogens is 6. The van der Waals surface area contributed by atoms with Crippen molar-refractivity contribution in [2.45, 2.75) is 63.6 Å². The molecule has 20 nitrogen and oxygen atoms in total. The number of halogens is 1. The number of rotatable bonds is 10. The topological polar surface area (TPSA) is 253 Å². The molecule has 2 amide bonds. The monoisotopic (exact) mass is 863 g/mol. The number of aryl methyl sites for hydroxylation is 1. The first-order valence-electron chi connectivity index (χ1n) is 18.4. The number of oxime groups is 1. The zero-order valence-electron chi connectivity index (χ0n) is 33.2. The van der Waals surface area contributed by atoms with Gasteiger partial charge in [0.2, 0.25) is 17.1 Å². The Morgan fingerprint density at radius 1 is 1.22 bits per heavy atom. The van der Waals surface area contributed by atoms with Gasteiger partial charge < -0.3 is 35.3 Å². The highest BCUT2D eigenvalue weighted by atomic mass is 35.5. The second-order valence-electron chi connectivity index (χ2n) is 14.3. The van der Waals surface area contributed by atoms with E-state index in [9.17, 15) is 19.2 Å². The Morgan fingerprint density at radius 3 is 2.59 bits per heavy atom. The molecule has 6 heterocycles. The first kappa shape index (κ1) is 44.2. The number of nitrogens with zero attached hydrogens (tertiary/aromatic N) is 10. The summed E-state index contributed by atoms with van der Waals surface area (Å²) < 4.78 is 11.4. The molecule has 3 saturated heterocycles. The molecule has 4 atom stereocenters. The van der Waals surface area contributed by atoms with Crippen LogP contribution in [0.5, 0.6) is 11.5 Å². The third-order valence-electron chi connectivity index (χ3n) is 10.1. The van der Waals surface area contributed by atoms with E-state index in [0.29, 0.717) is 29.6 Å². The standard InChI is InChI=1S/C26H36N12O5S2.C7H5ClO3.C2H6/c1-26(2,24(41)42-5)43-31-16(19-29-25(27)45-32-19)21(39)28-17-22(40)37-18(20-30-33-34-36(20)4)14(13-44-23(17)37)12-38-9-6-7-15(38)11-35(3)8-10-38;8-5-1-4(3-9)2-6(10)7(5)11;1-2/h15,17,23H,6-13H2,1-5H3,(H2-,27,28,29,32,39);1-3,10-11H;1-2H3/p+1/b31-16-;;. The number of nitrogen functional groups attached to an aromatic ring is 1. The summed E-state index contributed by atoms with van der Waals surface area (Å²) in [4.78, 5) is 63.3. The maximum absolute atomic E-state index is 13.9. The number of nitrogens with one attached hydrogen (secondary N) is 1. The van der Waals surface area contributed by atoms with E-state index >= 15 is 0 Å². The predicted octanol–water partition coefficient (Wildman–Crippen LogP) is 1.64. The Labute approximate surface area is 348 Å². The summed E-state index contributed by atoms with van der Waals surface area (Å²) in [5.74, 6) is -1.46. The van der Waals surface area contributed by atoms with Gasteiger partial charge in [0.1, 0.15) is 30.3 Å². The second-order valence-corrected chi connectivity index (χ2v) is 16.6. The summed E-state index contributed by atoms with van der Waals surface area (Å²) in [6.45, 7) is 12.0. The van der Waals surface area contributed by atoms with Crippen molar-refractivity contribution < 1.29 is 43.4 Å². The minimum atomic E-state index is -1.51. The fourth-order valence-corrected chi connectivity index (χ4v) is 9.23. The van der Waals surface area contributed by atoms with Gasteiger partial charge in [0, 0.05) is 54.9 Å². The Bertz CT molecular complexity index is 2070. The van der Waals surface area contributed by atoms with Gasteiger partial charge in [-0.05, 0) is 43.5 Å². The number of carbonyl (C=O) groups is 4. The van der Waals surface area contributed by atoms with Crippen molar-refractivity contribution >= 4 is 75.5 Å². The van der Waals surface area contributed by atoms with E-state index in [-0.39, 0.29) is 38.9 Å². The van der Waals surface area contributed by atoms with Gasteiger partial charge in [0.05, 0.1) is 37.5 Å². The number of aromatic hydroxyl groups is 2. The lowest BCUT2D eigenvalue weighted by molar-refractivity contribution is -0.939. The highest BCUT2D eigenvalue weighted by Gasteiger charge is 2.56. The first-order chi connectivity index (χ1) is 27.6. The summed E-state index contributed by atoms with van der Waals surface area (Å²) in [5.41, 5.74) is 6.00. The lowest BCUT2D eigenvalue weighted by atomic mass is 10.0. The van der Waals surface area contributed by atoms with Gasteiger partial charge in [-0.15, -0.1) is 16.9 Å². The Kier molecular flexibility index (Phi) is 14.0. The zero-order valence-corrected chi connectivity index (χ0v) is 35.6. The van der Waals surface area contributed by atoms with Crippen molar-refractivity contribution in [1.82, 2.24) is 44.7 Å². The molecular weight excluding hydrogens is 816 g/mol. The third kappa shape index (κ3) is 9.04. The van der Waals surface area contributed by atoms with Gasteiger partial charge in [-0.25, -0.2) is 9.48 Å². The number of anilines is 1. The second kappa shape index (κ2) is 18.4. The van der Waals surface area contributed by atoms with Crippen LogP contribution in [0.25, 0.3) is 5.70 Å². The van der Waals surface area contributed by atoms with E-state index in [1.807, 2.05) is 13.8 Å². The average molecular weight is 864 g/mol. The number of phenolic OH excluding ortho intramolecular Hbond substituents is 2. The van der Waals surface area contributed by atoms with Crippen LogP contribution in [-0.4, -0.2) is 160 Å². The molecule has 4 aliphatic rings. The van der Waals surface area contributed by atoms with Crippen molar-refractivity contribution in [1.29, 1.82) is 0 Å². The molecule has 4 unspecified atom stereocenters. The Hall–Kier alpha value is -4.90. The molecule has 58 heavy (non-hydrogen) atoms. The van der Waals surface area contributed by atoms with Gasteiger partial charge in [-0.1, -0.05) is 30.6 Å². The van der Waals surface area contributed by atoms with Gasteiger partial charge in [0.15, 0.2) is 22.5 Å². The third-order valence-corrected chi connectivity index (χ3v) is 12.3. The summed E-state index contributed by atoms with van der Waals surface area (Å²) in [7, 11) is 5.15. The number of piperazine rings is 1. The number of fused-ring (bicyclic) bond motifs is 2. The van der Waals surface area contributed by atoms with E-state index in [4.69, 9.17) is 37.1 Å². The number of carbonyl (C=O) groups excluding carboxylic acids is 4. The van der Waals surface area contributed by atoms with Crippen LogP contribution in [0.1, 0.15) is 62.5 Å². The first-order valence-corrected chi connectivity index (χ1v) is 20.6. The molecule has 2 aromatic heterocycles. The van der Waals surface area contributed by atoms with Crippen LogP contribution in [0.2, 0.25) is 5.02 Å². The number of likely N-dealkylation sites (N-methyl/N-ethyl adjacent to an activating group) is 1. The normalized spacial score (nSPS) is 23.0. The highest BCUT2D eigenvalue weighted by molar-refractivity contribution is 8.00. The maximum Gasteiger partial charge on any atom is 0.352 e. The summed E-state index contributed by atoms with van der Waals surface area (Å²) in [5, 5.41) is 36.4. The minimum Gasteiger partial charge on any atom is -0.504 e. The molecule has 314 valence electrons. The number of esters is 1. The Balaban J connectivity index is 0.000000423. The lowest BCUT2D eigenvalue weighted by Crippen LogP contribution is -2.70. The van der Waals surface area contributed by atoms with E-state index in [1.165, 1.54) is 39.9 Å². The largest absolute Gasteiger partial charge is 0.504 e. The molecule has 3 aromatic rings. The van der Waals surface area contributed by atoms with E-state index in [0.717, 1.165) is 60.4 Å². The number of amides is 2. The average Bonchev–Trinajstić information content (AvgIpc) is 3.95. The van der Waals surface area contributed by atoms with Crippen LogP contribution in [0.4, 0.5) is 5.13 Å². The number of aldehydes is 1. The zero-order chi connectivity index (χ0) is 42.5. The Morgan fingerprint density at radius 2 is 1.97 bits per heavy atom. The van der Waals surface area contributed by atoms with Crippen LogP contribution >= 0.6 is 34.9 Å². The summed E-state index contributed by atoms with van der Waals surface area (Å²) in [6.07, 6.45) is 2.91. The molecular formula is C35H48ClN12O8S2+. The molecule has 0 aliphatic carbocycles. The molecule has 0 radical (unpaired) electrons. The fourth-order valence-electron chi connectivity index (χ4n) is 7.23. The molecule has 0 bridgehead atoms. The summed E-state index contributed by atoms with van der Waals surface area (Å²) >= 11 is 7.89. The number of quaternary nitrogens is 1. The number of hydrogen-bond donors (Lipinski definition) is 4. The highest BCUT2D eigenvalue weighted by Crippen LogP contribution is 2.45. The molecule has 3 fully saturated rings. The van der Waals surface area contributed by atoms with Crippen LogP contribution in [0.15, 0.2) is 22.9 Å². The molecule has 0 saturated carbocycles. The van der Waals surface area contributed by atoms with Gasteiger partial charge >= 0.3 is 5.97 Å². The van der Waals surface area contributed by atoms with Crippen LogP contribution < -0.4 is 11.1 Å². The number of tetrazole rings is 1. The minimum absolute atomic E-state index is 0.0351. The van der Waals surface area contributed by atoms with Gasteiger partial charge in [-0.2, -0.15) is 9.36 Å². The molecule has 4 aliphatic heterocycles. The molecule has 0 spiro atoms. The van der Waals surface area contributed by atoms with Crippen molar-refractivity contribution in [3.05, 3.63) is 39.9 Å². The van der Waals surface area contributed by atoms with Gasteiger partial charge in [0.25, 0.3) is 11.8 Å². The number of hydrogen-bond acceptors (Lipinski definition) is 18. The SMILES string of the molecule is CC.COC(=O)C(C)(C)O/N=C(\C(=O)NC1C(=O)N2C(c3nnnn3C)=C(C[N+]34CCCC3CN(C)CC4)CSC12)c1nsc(N)n1.O=Cc1cc(O)c(O)c(Cl)c1. The van der Waals surface area contributed by atoms with E-state index in [2.05, 4.69) is 47.3 Å². The fraction of sp³-hybridized carbons (Fsp3) is 0.543. The van der Waals surface area contributed by atoms with Crippen molar-refractivity contribution in [3.8, 4) is 11.5 Å². The summed E-state index contributed by atoms with van der Waals surface area (Å²) in [6, 6.07) is 2.08. The number of ether oxygens (including phenoxy) is 1. The number of methoxy groups -OCH3 is 1. The number of phenols is 2. The van der Waals surface area contributed by atoms with Gasteiger partial charge in [-0.3, -0.25) is 24.2 Å². The van der Waals surface area contributed by atoms with E-state index < -0.39 is 34.6 Å². The van der Waals surface area contributed by atoms with E-state index in [1.54, 1.807) is 28.4 Å². The lowest BCUT2D eigenvalue weighted by Gasteiger charge is -2.52. The number of thioether (sulfide) groups is 1. The van der Waals surface area contributed by atoms with Crippen LogP contribution in [-0.2, 0) is 31.0 Å². The molecule has 5 N–H and O–H groups in total. The van der Waals surface area contributed by atoms with Crippen LogP contribution in [0, 0.1) is 0 Å². The van der Waals surface area contributed by atoms with Crippen molar-refractivity contribution in [2.24, 2.45) is 12.2 Å². The number of β-lactam (4-membered cyclic amide) rings is 1. The maximum atomic E-state index is 13.9. The predicted molar refractivity (Wildman–Crippen MR) is 216 cm³/mol. The van der Waals surface area contributed by atoms with Crippen molar-refractivity contribution in [2.75, 3.05) is 58.4 Å². The molecule has 1 aromatic carbocycles. The molecule has 7 rings (SSSR count). The van der Waals surface area contributed by atoms with Crippen molar-refractivity contribution in [3.63, 3.8) is 0 Å². The number of benzene rings is 1. The number of nitrogens with two attached hydrogens (primary N) is 1.